The summed E-state index contributed by atoms with van der Waals surface area (Å²) in [6.45, 7) is 4.19. The lowest BCUT2D eigenvalue weighted by Crippen LogP contribution is -2.24. The SMILES string of the molecule is CCC(NC(C)c1ccc(F)cc1Cl)c1ccccc1. The molecule has 0 radical (unpaired) electrons. The Hall–Kier alpha value is -1.38. The molecule has 1 nitrogen and oxygen atoms in total. The van der Waals surface area contributed by atoms with E-state index < -0.39 is 0 Å². The Labute approximate surface area is 124 Å². The maximum atomic E-state index is 13.1. The smallest absolute Gasteiger partial charge is 0.124 e. The highest BCUT2D eigenvalue weighted by molar-refractivity contribution is 6.31. The van der Waals surface area contributed by atoms with E-state index in [-0.39, 0.29) is 17.9 Å². The molecule has 2 unspecified atom stereocenters. The average molecular weight is 292 g/mol. The Kier molecular flexibility index (Phi) is 5.16. The highest BCUT2D eigenvalue weighted by atomic mass is 35.5. The molecule has 20 heavy (non-hydrogen) atoms. The molecular formula is C17H19ClFN. The van der Waals surface area contributed by atoms with Crippen LogP contribution in [0.3, 0.4) is 0 Å². The van der Waals surface area contributed by atoms with Crippen molar-refractivity contribution in [3.05, 3.63) is 70.5 Å². The van der Waals surface area contributed by atoms with Crippen LogP contribution in [-0.4, -0.2) is 0 Å². The maximum Gasteiger partial charge on any atom is 0.124 e. The van der Waals surface area contributed by atoms with Crippen LogP contribution in [-0.2, 0) is 0 Å². The molecule has 0 fully saturated rings. The Morgan fingerprint density at radius 3 is 2.45 bits per heavy atom. The first-order valence-electron chi connectivity index (χ1n) is 6.87. The van der Waals surface area contributed by atoms with Crippen LogP contribution in [0, 0.1) is 5.82 Å². The molecule has 0 aliphatic heterocycles. The van der Waals surface area contributed by atoms with Crippen LogP contribution in [0.2, 0.25) is 5.02 Å². The summed E-state index contributed by atoms with van der Waals surface area (Å²) in [5.41, 5.74) is 2.17. The largest absolute Gasteiger partial charge is 0.303 e. The van der Waals surface area contributed by atoms with Gasteiger partial charge in [0.25, 0.3) is 0 Å². The molecule has 2 aromatic carbocycles. The monoisotopic (exact) mass is 291 g/mol. The van der Waals surface area contributed by atoms with Crippen molar-refractivity contribution in [3.8, 4) is 0 Å². The standard InChI is InChI=1S/C17H19ClFN/c1-3-17(13-7-5-4-6-8-13)20-12(2)15-10-9-14(19)11-16(15)18/h4-12,17,20H,3H2,1-2H3. The van der Waals surface area contributed by atoms with E-state index in [1.165, 1.54) is 17.7 Å². The molecule has 0 aliphatic carbocycles. The molecule has 0 aromatic heterocycles. The molecule has 106 valence electrons. The number of rotatable bonds is 5. The Bertz CT molecular complexity index is 556. The Morgan fingerprint density at radius 1 is 1.15 bits per heavy atom. The Morgan fingerprint density at radius 2 is 1.85 bits per heavy atom. The summed E-state index contributed by atoms with van der Waals surface area (Å²) in [7, 11) is 0. The summed E-state index contributed by atoms with van der Waals surface area (Å²) >= 11 is 6.12. The van der Waals surface area contributed by atoms with Crippen LogP contribution in [0.1, 0.15) is 43.5 Å². The zero-order valence-corrected chi connectivity index (χ0v) is 12.5. The molecule has 2 atom stereocenters. The summed E-state index contributed by atoms with van der Waals surface area (Å²) in [6, 6.07) is 15.2. The van der Waals surface area contributed by atoms with Gasteiger partial charge in [0.05, 0.1) is 0 Å². The second kappa shape index (κ2) is 6.87. The summed E-state index contributed by atoms with van der Waals surface area (Å²) in [6.07, 6.45) is 0.979. The molecule has 1 N–H and O–H groups in total. The first-order valence-corrected chi connectivity index (χ1v) is 7.25. The first-order chi connectivity index (χ1) is 9.61. The van der Waals surface area contributed by atoms with E-state index in [4.69, 9.17) is 11.6 Å². The van der Waals surface area contributed by atoms with Crippen LogP contribution in [0.5, 0.6) is 0 Å². The fourth-order valence-electron chi connectivity index (χ4n) is 2.38. The third-order valence-corrected chi connectivity index (χ3v) is 3.82. The predicted molar refractivity (Wildman–Crippen MR) is 82.4 cm³/mol. The van der Waals surface area contributed by atoms with Gasteiger partial charge < -0.3 is 5.32 Å². The number of hydrogen-bond donors (Lipinski definition) is 1. The summed E-state index contributed by atoms with van der Waals surface area (Å²) in [5.74, 6) is -0.305. The Balaban J connectivity index is 2.15. The maximum absolute atomic E-state index is 13.1. The van der Waals surface area contributed by atoms with E-state index in [0.29, 0.717) is 5.02 Å². The second-order valence-corrected chi connectivity index (χ2v) is 5.33. The van der Waals surface area contributed by atoms with Gasteiger partial charge in [-0.05, 0) is 36.6 Å². The topological polar surface area (TPSA) is 12.0 Å². The number of benzene rings is 2. The molecule has 0 saturated carbocycles. The lowest BCUT2D eigenvalue weighted by atomic mass is 10.0. The van der Waals surface area contributed by atoms with Gasteiger partial charge in [0.1, 0.15) is 5.82 Å². The van der Waals surface area contributed by atoms with Gasteiger partial charge in [-0.1, -0.05) is 54.9 Å². The van der Waals surface area contributed by atoms with Gasteiger partial charge in [-0.15, -0.1) is 0 Å². The quantitative estimate of drug-likeness (QED) is 0.790. The minimum absolute atomic E-state index is 0.0632. The van der Waals surface area contributed by atoms with Crippen molar-refractivity contribution in [3.63, 3.8) is 0 Å². The molecule has 3 heteroatoms. The molecule has 0 aliphatic rings. The normalized spacial score (nSPS) is 14.0. The minimum Gasteiger partial charge on any atom is -0.303 e. The summed E-state index contributed by atoms with van der Waals surface area (Å²) in [5, 5.41) is 4.02. The zero-order chi connectivity index (χ0) is 14.5. The van der Waals surface area contributed by atoms with E-state index in [0.717, 1.165) is 12.0 Å². The lowest BCUT2D eigenvalue weighted by Gasteiger charge is -2.23. The predicted octanol–water partition coefficient (Wildman–Crippen LogP) is 5.28. The molecule has 0 spiro atoms. The van der Waals surface area contributed by atoms with Gasteiger partial charge in [0.2, 0.25) is 0 Å². The zero-order valence-electron chi connectivity index (χ0n) is 11.7. The van der Waals surface area contributed by atoms with Gasteiger partial charge >= 0.3 is 0 Å². The van der Waals surface area contributed by atoms with E-state index >= 15 is 0 Å². The van der Waals surface area contributed by atoms with Crippen molar-refractivity contribution < 1.29 is 4.39 Å². The third-order valence-electron chi connectivity index (χ3n) is 3.49. The number of nitrogens with one attached hydrogen (secondary N) is 1. The van der Waals surface area contributed by atoms with E-state index in [1.807, 2.05) is 25.1 Å². The van der Waals surface area contributed by atoms with Gasteiger partial charge in [0.15, 0.2) is 0 Å². The van der Waals surface area contributed by atoms with E-state index in [1.54, 1.807) is 6.07 Å². The minimum atomic E-state index is -0.305. The second-order valence-electron chi connectivity index (χ2n) is 4.93. The fraction of sp³-hybridized carbons (Fsp3) is 0.294. The molecule has 2 aromatic rings. The summed E-state index contributed by atoms with van der Waals surface area (Å²) < 4.78 is 13.1. The highest BCUT2D eigenvalue weighted by Crippen LogP contribution is 2.27. The molecule has 0 heterocycles. The molecular weight excluding hydrogens is 273 g/mol. The van der Waals surface area contributed by atoms with Crippen LogP contribution < -0.4 is 5.32 Å². The van der Waals surface area contributed by atoms with Gasteiger partial charge in [-0.2, -0.15) is 0 Å². The van der Waals surface area contributed by atoms with Crippen LogP contribution in [0.15, 0.2) is 48.5 Å². The van der Waals surface area contributed by atoms with Crippen LogP contribution in [0.25, 0.3) is 0 Å². The van der Waals surface area contributed by atoms with Crippen molar-refractivity contribution >= 4 is 11.6 Å². The lowest BCUT2D eigenvalue weighted by molar-refractivity contribution is 0.456. The third kappa shape index (κ3) is 3.59. The van der Waals surface area contributed by atoms with Crippen molar-refractivity contribution in [2.45, 2.75) is 32.4 Å². The van der Waals surface area contributed by atoms with Crippen molar-refractivity contribution in [1.29, 1.82) is 0 Å². The van der Waals surface area contributed by atoms with E-state index in [9.17, 15) is 4.39 Å². The fourth-order valence-corrected chi connectivity index (χ4v) is 2.71. The molecule has 0 bridgehead atoms. The van der Waals surface area contributed by atoms with Crippen molar-refractivity contribution in [2.75, 3.05) is 0 Å². The summed E-state index contributed by atoms with van der Waals surface area (Å²) in [4.78, 5) is 0. The molecule has 0 amide bonds. The van der Waals surface area contributed by atoms with Gasteiger partial charge in [-0.25, -0.2) is 4.39 Å². The molecule has 2 rings (SSSR count). The molecule has 0 saturated heterocycles. The number of hydrogen-bond acceptors (Lipinski definition) is 1. The van der Waals surface area contributed by atoms with Crippen LogP contribution >= 0.6 is 11.6 Å². The van der Waals surface area contributed by atoms with Crippen molar-refractivity contribution in [2.24, 2.45) is 0 Å². The van der Waals surface area contributed by atoms with Gasteiger partial charge in [0, 0.05) is 17.1 Å². The van der Waals surface area contributed by atoms with Crippen molar-refractivity contribution in [1.82, 2.24) is 5.32 Å². The average Bonchev–Trinajstić information content (AvgIpc) is 2.45. The van der Waals surface area contributed by atoms with Crippen LogP contribution in [0.4, 0.5) is 4.39 Å². The first kappa shape index (κ1) is 15.0. The van der Waals surface area contributed by atoms with E-state index in [2.05, 4.69) is 24.4 Å². The van der Waals surface area contributed by atoms with Gasteiger partial charge in [-0.3, -0.25) is 0 Å². The number of halogens is 2. The highest BCUT2D eigenvalue weighted by Gasteiger charge is 2.15.